The molecule has 3 rings (SSSR count). The lowest BCUT2D eigenvalue weighted by Crippen LogP contribution is -2.22. The van der Waals surface area contributed by atoms with Crippen molar-refractivity contribution in [3.63, 3.8) is 0 Å². The van der Waals surface area contributed by atoms with Crippen LogP contribution in [0.5, 0.6) is 0 Å². The molecule has 0 aliphatic heterocycles. The summed E-state index contributed by atoms with van der Waals surface area (Å²) in [5.41, 5.74) is 8.22. The molecule has 0 amide bonds. The highest BCUT2D eigenvalue weighted by Crippen LogP contribution is 2.38. The quantitative estimate of drug-likeness (QED) is 0.882. The van der Waals surface area contributed by atoms with Crippen LogP contribution in [0.15, 0.2) is 18.2 Å². The third-order valence-corrected chi connectivity index (χ3v) is 4.86. The molecule has 3 nitrogen and oxygen atoms in total. The van der Waals surface area contributed by atoms with Crippen molar-refractivity contribution in [2.75, 3.05) is 5.73 Å². The molecule has 1 aromatic heterocycles. The summed E-state index contributed by atoms with van der Waals surface area (Å²) in [6.45, 7) is 2.25. The molecule has 20 heavy (non-hydrogen) atoms. The van der Waals surface area contributed by atoms with Crippen molar-refractivity contribution in [2.24, 2.45) is 5.92 Å². The zero-order chi connectivity index (χ0) is 14.1. The third kappa shape index (κ3) is 2.39. The van der Waals surface area contributed by atoms with E-state index >= 15 is 0 Å². The van der Waals surface area contributed by atoms with Gasteiger partial charge in [0.15, 0.2) is 0 Å². The van der Waals surface area contributed by atoms with Crippen molar-refractivity contribution >= 4 is 28.6 Å². The van der Waals surface area contributed by atoms with E-state index in [-0.39, 0.29) is 0 Å². The van der Waals surface area contributed by atoms with Crippen molar-refractivity contribution in [1.82, 2.24) is 9.55 Å². The molecule has 1 heterocycles. The van der Waals surface area contributed by atoms with E-state index in [1.165, 1.54) is 32.1 Å². The SMILES string of the molecule is CCC(C1CCCCC1)n1c(N)nc2cc(Cl)ccc21. The maximum Gasteiger partial charge on any atom is 0.201 e. The average molecular weight is 292 g/mol. The second kappa shape index (κ2) is 5.65. The number of benzene rings is 1. The van der Waals surface area contributed by atoms with Gasteiger partial charge in [-0.15, -0.1) is 0 Å². The topological polar surface area (TPSA) is 43.8 Å². The smallest absolute Gasteiger partial charge is 0.201 e. The number of aromatic nitrogens is 2. The molecule has 2 N–H and O–H groups in total. The van der Waals surface area contributed by atoms with Crippen molar-refractivity contribution in [1.29, 1.82) is 0 Å². The minimum Gasteiger partial charge on any atom is -0.369 e. The first kappa shape index (κ1) is 13.7. The highest BCUT2D eigenvalue weighted by atomic mass is 35.5. The van der Waals surface area contributed by atoms with Crippen molar-refractivity contribution in [3.05, 3.63) is 23.2 Å². The van der Waals surface area contributed by atoms with Crippen LogP contribution < -0.4 is 5.73 Å². The lowest BCUT2D eigenvalue weighted by Gasteiger charge is -2.31. The van der Waals surface area contributed by atoms with Crippen LogP contribution in [0.4, 0.5) is 5.95 Å². The van der Waals surface area contributed by atoms with Gasteiger partial charge >= 0.3 is 0 Å². The standard InChI is InChI=1S/C16H22ClN3/c1-2-14(11-6-4-3-5-7-11)20-15-9-8-12(17)10-13(15)19-16(20)18/h8-11,14H,2-7H2,1H3,(H2,18,19). The molecule has 0 saturated heterocycles. The van der Waals surface area contributed by atoms with Crippen LogP contribution in [0.25, 0.3) is 11.0 Å². The molecule has 1 atom stereocenters. The van der Waals surface area contributed by atoms with Gasteiger partial charge in [0.25, 0.3) is 0 Å². The Morgan fingerprint density at radius 2 is 2.10 bits per heavy atom. The number of anilines is 1. The summed E-state index contributed by atoms with van der Waals surface area (Å²) in [7, 11) is 0. The van der Waals surface area contributed by atoms with Gasteiger partial charge in [-0.2, -0.15) is 0 Å². The van der Waals surface area contributed by atoms with E-state index in [0.29, 0.717) is 17.0 Å². The second-order valence-corrected chi connectivity index (χ2v) is 6.28. The van der Waals surface area contributed by atoms with Gasteiger partial charge in [-0.1, -0.05) is 37.8 Å². The Labute approximate surface area is 125 Å². The maximum atomic E-state index is 6.20. The summed E-state index contributed by atoms with van der Waals surface area (Å²) in [6.07, 6.45) is 7.79. The first-order valence-electron chi connectivity index (χ1n) is 7.63. The first-order chi connectivity index (χ1) is 9.70. The molecule has 0 radical (unpaired) electrons. The fourth-order valence-corrected chi connectivity index (χ4v) is 3.85. The van der Waals surface area contributed by atoms with E-state index in [1.54, 1.807) is 0 Å². The van der Waals surface area contributed by atoms with Crippen molar-refractivity contribution < 1.29 is 0 Å². The summed E-state index contributed by atoms with van der Waals surface area (Å²) >= 11 is 6.05. The third-order valence-electron chi connectivity index (χ3n) is 4.62. The number of nitrogens with zero attached hydrogens (tertiary/aromatic N) is 2. The molecule has 1 unspecified atom stereocenters. The number of nitrogen functional groups attached to an aromatic ring is 1. The van der Waals surface area contributed by atoms with E-state index in [1.807, 2.05) is 18.2 Å². The van der Waals surface area contributed by atoms with Crippen LogP contribution >= 0.6 is 11.6 Å². The fraction of sp³-hybridized carbons (Fsp3) is 0.562. The molecule has 4 heteroatoms. The van der Waals surface area contributed by atoms with Crippen LogP contribution in [0.3, 0.4) is 0 Å². The molecule has 1 aliphatic rings. The zero-order valence-electron chi connectivity index (χ0n) is 12.0. The summed E-state index contributed by atoms with van der Waals surface area (Å²) in [5.74, 6) is 1.35. The lowest BCUT2D eigenvalue weighted by molar-refractivity contribution is 0.249. The molecular weight excluding hydrogens is 270 g/mol. The second-order valence-electron chi connectivity index (χ2n) is 5.85. The van der Waals surface area contributed by atoms with Crippen LogP contribution in [-0.2, 0) is 0 Å². The maximum absolute atomic E-state index is 6.20. The Hall–Kier alpha value is -1.22. The van der Waals surface area contributed by atoms with Crippen LogP contribution in [-0.4, -0.2) is 9.55 Å². The predicted octanol–water partition coefficient (Wildman–Crippen LogP) is 4.80. The van der Waals surface area contributed by atoms with Crippen LogP contribution in [0.2, 0.25) is 5.02 Å². The highest BCUT2D eigenvalue weighted by molar-refractivity contribution is 6.31. The number of hydrogen-bond donors (Lipinski definition) is 1. The van der Waals surface area contributed by atoms with Gasteiger partial charge in [-0.25, -0.2) is 4.98 Å². The number of halogens is 1. The predicted molar refractivity (Wildman–Crippen MR) is 85.1 cm³/mol. The van der Waals surface area contributed by atoms with Gasteiger partial charge in [0.2, 0.25) is 5.95 Å². The highest BCUT2D eigenvalue weighted by Gasteiger charge is 2.26. The molecule has 1 saturated carbocycles. The largest absolute Gasteiger partial charge is 0.369 e. The van der Waals surface area contributed by atoms with Gasteiger partial charge in [0, 0.05) is 11.1 Å². The molecular formula is C16H22ClN3. The van der Waals surface area contributed by atoms with Gasteiger partial charge in [0.05, 0.1) is 11.0 Å². The van der Waals surface area contributed by atoms with E-state index in [9.17, 15) is 0 Å². The van der Waals surface area contributed by atoms with Gasteiger partial charge in [-0.3, -0.25) is 0 Å². The van der Waals surface area contributed by atoms with Gasteiger partial charge in [-0.05, 0) is 43.4 Å². The lowest BCUT2D eigenvalue weighted by atomic mass is 9.82. The number of imidazole rings is 1. The van der Waals surface area contributed by atoms with E-state index in [2.05, 4.69) is 16.5 Å². The Morgan fingerprint density at radius 3 is 2.80 bits per heavy atom. The first-order valence-corrected chi connectivity index (χ1v) is 8.01. The monoisotopic (exact) mass is 291 g/mol. The number of hydrogen-bond acceptors (Lipinski definition) is 2. The molecule has 1 fully saturated rings. The van der Waals surface area contributed by atoms with Gasteiger partial charge in [0.1, 0.15) is 0 Å². The minimum absolute atomic E-state index is 0.460. The zero-order valence-corrected chi connectivity index (χ0v) is 12.7. The summed E-state index contributed by atoms with van der Waals surface area (Å²) < 4.78 is 2.24. The molecule has 0 bridgehead atoms. The molecule has 1 aromatic carbocycles. The fourth-order valence-electron chi connectivity index (χ4n) is 3.68. The molecule has 108 valence electrons. The van der Waals surface area contributed by atoms with E-state index < -0.39 is 0 Å². The summed E-state index contributed by atoms with van der Waals surface area (Å²) in [4.78, 5) is 4.49. The summed E-state index contributed by atoms with van der Waals surface area (Å²) in [6, 6.07) is 6.33. The van der Waals surface area contributed by atoms with Crippen LogP contribution in [0.1, 0.15) is 51.5 Å². The van der Waals surface area contributed by atoms with Gasteiger partial charge < -0.3 is 10.3 Å². The van der Waals surface area contributed by atoms with Crippen molar-refractivity contribution in [2.45, 2.75) is 51.5 Å². The van der Waals surface area contributed by atoms with E-state index in [4.69, 9.17) is 17.3 Å². The Balaban J connectivity index is 2.04. The molecule has 0 spiro atoms. The normalized spacial score (nSPS) is 18.5. The average Bonchev–Trinajstić information content (AvgIpc) is 2.77. The molecule has 2 aromatic rings. The number of rotatable bonds is 3. The Bertz CT molecular complexity index is 599. The Morgan fingerprint density at radius 1 is 1.35 bits per heavy atom. The summed E-state index contributed by atoms with van der Waals surface area (Å²) in [5, 5.41) is 0.716. The molecule has 1 aliphatic carbocycles. The number of fused-ring (bicyclic) bond motifs is 1. The number of nitrogens with two attached hydrogens (primary N) is 1. The Kier molecular flexibility index (Phi) is 3.88. The van der Waals surface area contributed by atoms with E-state index in [0.717, 1.165) is 23.4 Å². The van der Waals surface area contributed by atoms with Crippen LogP contribution in [0, 0.1) is 5.92 Å². The van der Waals surface area contributed by atoms with Crippen molar-refractivity contribution in [3.8, 4) is 0 Å². The minimum atomic E-state index is 0.460.